The number of aliphatic hydroxyl groups is 2. The molecule has 0 radical (unpaired) electrons. The summed E-state index contributed by atoms with van der Waals surface area (Å²) in [5, 5.41) is 31.4. The Morgan fingerprint density at radius 2 is 0.877 bits per heavy atom. The number of aliphatic carboxylic acids is 1. The Kier molecular flexibility index (Phi) is 44.0. The molecule has 0 saturated carbocycles. The highest BCUT2D eigenvalue weighted by molar-refractivity contribution is 5.74. The molecule has 0 aromatic carbocycles. The van der Waals surface area contributed by atoms with Crippen molar-refractivity contribution in [3.63, 3.8) is 0 Å². The number of unbranched alkanes of at least 4 members (excludes halogenated alkanes) is 13. The first-order chi connectivity index (χ1) is 35.6. The Labute approximate surface area is 440 Å². The van der Waals surface area contributed by atoms with Crippen molar-refractivity contribution in [2.45, 2.75) is 237 Å². The zero-order valence-electron chi connectivity index (χ0n) is 45.1. The van der Waals surface area contributed by atoms with Crippen LogP contribution < -0.4 is 0 Å². The summed E-state index contributed by atoms with van der Waals surface area (Å²) in [6.07, 6.45) is 52.2. The predicted octanol–water partition coefficient (Wildman–Crippen LogP) is 13.9. The number of carbonyl (C=O) groups excluding carboxylic acids is 3. The number of allylic oxidation sites excluding steroid dienone is 18. The van der Waals surface area contributed by atoms with Crippen molar-refractivity contribution < 1.29 is 58.2 Å². The molecule has 3 N–H and O–H groups in total. The van der Waals surface area contributed by atoms with E-state index in [0.29, 0.717) is 25.7 Å². The van der Waals surface area contributed by atoms with E-state index < -0.39 is 67.3 Å². The van der Waals surface area contributed by atoms with Crippen LogP contribution >= 0.6 is 0 Å². The maximum atomic E-state index is 13.1. The number of aliphatic hydroxyl groups excluding tert-OH is 2. The van der Waals surface area contributed by atoms with Gasteiger partial charge in [-0.25, -0.2) is 4.79 Å². The lowest BCUT2D eigenvalue weighted by molar-refractivity contribution is -0.301. The molecule has 1 fully saturated rings. The largest absolute Gasteiger partial charge is 0.479 e. The number of ether oxygens (including phenoxy) is 5. The van der Waals surface area contributed by atoms with Crippen LogP contribution in [0, 0.1) is 0 Å². The summed E-state index contributed by atoms with van der Waals surface area (Å²) in [6, 6.07) is 0. The van der Waals surface area contributed by atoms with Gasteiger partial charge in [-0.05, 0) is 116 Å². The summed E-state index contributed by atoms with van der Waals surface area (Å²) in [5.74, 6) is -3.27. The molecule has 1 saturated heterocycles. The SMILES string of the molecule is CC/C=C\C/C=C\C/C=C\C/C=C\C/C=C\CCCC(=O)OC1C(OCC(COC(=O)CCCCC/C=C\C/C=C\C/C=C\CC)OC(=O)CCCCCCC/C=C\CCCCCC)OC(C(=O)O)C(O)C1O. The fraction of sp³-hybridized carbons (Fsp3) is 0.639. The van der Waals surface area contributed by atoms with Gasteiger partial charge in [0.2, 0.25) is 0 Å². The molecule has 0 amide bonds. The quantitative estimate of drug-likeness (QED) is 0.0228. The molecule has 412 valence electrons. The lowest BCUT2D eigenvalue weighted by atomic mass is 9.98. The topological polar surface area (TPSA) is 175 Å². The van der Waals surface area contributed by atoms with Crippen molar-refractivity contribution in [2.24, 2.45) is 0 Å². The van der Waals surface area contributed by atoms with E-state index in [1.165, 1.54) is 25.7 Å². The van der Waals surface area contributed by atoms with Crippen LogP contribution in [-0.4, -0.2) is 89.2 Å². The Morgan fingerprint density at radius 1 is 0.466 bits per heavy atom. The van der Waals surface area contributed by atoms with Crippen LogP contribution in [-0.2, 0) is 42.9 Å². The van der Waals surface area contributed by atoms with Crippen molar-refractivity contribution in [1.29, 1.82) is 0 Å². The summed E-state index contributed by atoms with van der Waals surface area (Å²) in [5.41, 5.74) is 0. The molecular weight excluding hydrogens is 925 g/mol. The lowest BCUT2D eigenvalue weighted by Gasteiger charge is -2.40. The third kappa shape index (κ3) is 38.6. The van der Waals surface area contributed by atoms with E-state index in [0.717, 1.165) is 109 Å². The third-order valence-electron chi connectivity index (χ3n) is 11.8. The molecule has 6 atom stereocenters. The van der Waals surface area contributed by atoms with Crippen LogP contribution in [0.25, 0.3) is 0 Å². The Bertz CT molecular complexity index is 1690. The molecule has 12 nitrogen and oxygen atoms in total. The minimum atomic E-state index is -1.93. The second kappa shape index (κ2) is 48.3. The summed E-state index contributed by atoms with van der Waals surface area (Å²) in [7, 11) is 0. The molecule has 12 heteroatoms. The van der Waals surface area contributed by atoms with Crippen molar-refractivity contribution in [3.8, 4) is 0 Å². The van der Waals surface area contributed by atoms with E-state index in [-0.39, 0.29) is 25.9 Å². The Balaban J connectivity index is 2.77. The molecule has 0 aromatic rings. The van der Waals surface area contributed by atoms with Gasteiger partial charge in [-0.1, -0.05) is 175 Å². The van der Waals surface area contributed by atoms with Gasteiger partial charge < -0.3 is 39.0 Å². The van der Waals surface area contributed by atoms with Crippen molar-refractivity contribution >= 4 is 23.9 Å². The van der Waals surface area contributed by atoms with Gasteiger partial charge in [0.15, 0.2) is 24.6 Å². The Morgan fingerprint density at radius 3 is 1.38 bits per heavy atom. The summed E-state index contributed by atoms with van der Waals surface area (Å²) in [6.45, 7) is 5.66. The molecule has 1 aliphatic rings. The van der Waals surface area contributed by atoms with E-state index in [2.05, 4.69) is 118 Å². The number of rotatable bonds is 45. The van der Waals surface area contributed by atoms with E-state index in [9.17, 15) is 34.5 Å². The van der Waals surface area contributed by atoms with E-state index >= 15 is 0 Å². The maximum Gasteiger partial charge on any atom is 0.335 e. The highest BCUT2D eigenvalue weighted by atomic mass is 16.7. The third-order valence-corrected chi connectivity index (χ3v) is 11.8. The number of carboxylic acid groups (broad SMARTS) is 1. The highest BCUT2D eigenvalue weighted by Gasteiger charge is 2.50. The molecule has 73 heavy (non-hydrogen) atoms. The molecule has 0 aliphatic carbocycles. The number of carbonyl (C=O) groups is 4. The van der Waals surface area contributed by atoms with Gasteiger partial charge in [-0.3, -0.25) is 14.4 Å². The van der Waals surface area contributed by atoms with Gasteiger partial charge in [0, 0.05) is 19.3 Å². The number of hydrogen-bond donors (Lipinski definition) is 3. The van der Waals surface area contributed by atoms with Gasteiger partial charge >= 0.3 is 23.9 Å². The maximum absolute atomic E-state index is 13.1. The van der Waals surface area contributed by atoms with Gasteiger partial charge in [0.25, 0.3) is 0 Å². The van der Waals surface area contributed by atoms with Gasteiger partial charge in [0.1, 0.15) is 18.8 Å². The zero-order valence-corrected chi connectivity index (χ0v) is 45.1. The van der Waals surface area contributed by atoms with Crippen molar-refractivity contribution in [2.75, 3.05) is 13.2 Å². The van der Waals surface area contributed by atoms with Crippen LogP contribution in [0.2, 0.25) is 0 Å². The minimum absolute atomic E-state index is 0.0269. The second-order valence-corrected chi connectivity index (χ2v) is 18.4. The number of carboxylic acids is 1. The minimum Gasteiger partial charge on any atom is -0.479 e. The number of hydrogen-bond acceptors (Lipinski definition) is 11. The second-order valence-electron chi connectivity index (χ2n) is 18.4. The standard InChI is InChI=1S/C61H96O12/c1-4-7-10-13-16-19-22-25-26-27-28-31-34-37-40-43-46-49-55(64)72-59-57(66)56(65)58(60(67)68)73-61(59)70-51-52(71-54(63)48-45-42-39-36-33-30-24-21-18-15-12-9-6-3)50-69-53(62)47-44-41-38-35-32-29-23-20-17-14-11-8-5-2/h7-8,10-11,16-17,19-21,24-26,28-29,31-32,37,40,52,56-59,61,65-66H,4-6,9,12-15,18,22-23,27,30,33-36,38-39,41-51H2,1-3H3,(H,67,68)/b10-7-,11-8-,19-16-,20-17-,24-21-,26-25-,31-28-,32-29-,40-37-. The van der Waals surface area contributed by atoms with E-state index in [1.807, 2.05) is 12.2 Å². The molecular formula is C61H96O12. The average molecular weight is 1020 g/mol. The van der Waals surface area contributed by atoms with Crippen LogP contribution in [0.1, 0.15) is 201 Å². The predicted molar refractivity (Wildman–Crippen MR) is 294 cm³/mol. The Hall–Kier alpha value is -4.62. The van der Waals surface area contributed by atoms with E-state index in [1.54, 1.807) is 0 Å². The van der Waals surface area contributed by atoms with Crippen LogP contribution in [0.15, 0.2) is 109 Å². The summed E-state index contributed by atoms with van der Waals surface area (Å²) in [4.78, 5) is 51.0. The molecule has 1 heterocycles. The average Bonchev–Trinajstić information content (AvgIpc) is 3.37. The van der Waals surface area contributed by atoms with Gasteiger partial charge in [0.05, 0.1) is 6.61 Å². The monoisotopic (exact) mass is 1020 g/mol. The molecule has 6 unspecified atom stereocenters. The van der Waals surface area contributed by atoms with E-state index in [4.69, 9.17) is 23.7 Å². The smallest absolute Gasteiger partial charge is 0.335 e. The number of esters is 3. The van der Waals surface area contributed by atoms with Gasteiger partial charge in [-0.2, -0.15) is 0 Å². The molecule has 0 aromatic heterocycles. The first-order valence-electron chi connectivity index (χ1n) is 27.9. The van der Waals surface area contributed by atoms with Crippen molar-refractivity contribution in [3.05, 3.63) is 109 Å². The van der Waals surface area contributed by atoms with Crippen LogP contribution in [0.3, 0.4) is 0 Å². The first kappa shape index (κ1) is 66.4. The molecule has 0 spiro atoms. The zero-order chi connectivity index (χ0) is 53.3. The summed E-state index contributed by atoms with van der Waals surface area (Å²) >= 11 is 0. The fourth-order valence-electron chi connectivity index (χ4n) is 7.59. The first-order valence-corrected chi connectivity index (χ1v) is 27.9. The molecule has 0 bridgehead atoms. The summed E-state index contributed by atoms with van der Waals surface area (Å²) < 4.78 is 28.2. The van der Waals surface area contributed by atoms with Crippen LogP contribution in [0.5, 0.6) is 0 Å². The molecule has 1 aliphatic heterocycles. The normalized spacial score (nSPS) is 19.2. The highest BCUT2D eigenvalue weighted by Crippen LogP contribution is 2.26. The molecule has 1 rings (SSSR count). The van der Waals surface area contributed by atoms with Crippen LogP contribution in [0.4, 0.5) is 0 Å². The lowest BCUT2D eigenvalue weighted by Crippen LogP contribution is -2.61. The van der Waals surface area contributed by atoms with Gasteiger partial charge in [-0.15, -0.1) is 0 Å². The van der Waals surface area contributed by atoms with Crippen molar-refractivity contribution in [1.82, 2.24) is 0 Å². The fourth-order valence-corrected chi connectivity index (χ4v) is 7.59.